The van der Waals surface area contributed by atoms with Gasteiger partial charge in [0.15, 0.2) is 5.96 Å². The van der Waals surface area contributed by atoms with Crippen LogP contribution in [0.5, 0.6) is 0 Å². The molecule has 0 radical (unpaired) electrons. The molecule has 8 amide bonds. The van der Waals surface area contributed by atoms with E-state index in [4.69, 9.17) is 17.2 Å². The number of carbonyl (C=O) groups excluding carboxylic acids is 8. The largest absolute Gasteiger partial charge is 0.481 e. The zero-order valence-corrected chi connectivity index (χ0v) is 33.3. The highest BCUT2D eigenvalue weighted by molar-refractivity contribution is 5.97. The summed E-state index contributed by atoms with van der Waals surface area (Å²) in [6, 6.07) is -7.03. The summed E-state index contributed by atoms with van der Waals surface area (Å²) in [5.41, 5.74) is 16.3. The molecular formula is C35H56N12O13. The Labute approximate surface area is 344 Å². The van der Waals surface area contributed by atoms with Crippen LogP contribution in [0.15, 0.2) is 4.99 Å². The fourth-order valence-electron chi connectivity index (χ4n) is 7.07. The Balaban J connectivity index is 1.66. The SMILES string of the molecule is C[C@H](N)C(=O)NCC(=O)N1CCC[C@H]1C(=O)N[C@@H](CCCN=C(N)N)C(=O)NCC(=O)N[C@@H](CCC(=O)O)C(=O)N1C[C@H](O)C[C@H]1C(=O)NCC(=O)N1CCC[C@H]1C(=O)O. The van der Waals surface area contributed by atoms with Gasteiger partial charge in [-0.05, 0) is 51.9 Å². The number of hydrogen-bond donors (Lipinski definition) is 11. The summed E-state index contributed by atoms with van der Waals surface area (Å²) >= 11 is 0. The van der Waals surface area contributed by atoms with Crippen LogP contribution >= 0.6 is 0 Å². The lowest BCUT2D eigenvalue weighted by molar-refractivity contribution is -0.148. The minimum absolute atomic E-state index is 0.0225. The van der Waals surface area contributed by atoms with Crippen LogP contribution in [0.4, 0.5) is 0 Å². The fraction of sp³-hybridized carbons (Fsp3) is 0.686. The van der Waals surface area contributed by atoms with Crippen LogP contribution in [0.3, 0.4) is 0 Å². The first-order valence-corrected chi connectivity index (χ1v) is 19.6. The van der Waals surface area contributed by atoms with Gasteiger partial charge in [-0.1, -0.05) is 0 Å². The van der Waals surface area contributed by atoms with Gasteiger partial charge in [0.05, 0.1) is 31.8 Å². The van der Waals surface area contributed by atoms with Gasteiger partial charge in [-0.2, -0.15) is 0 Å². The number of rotatable bonds is 21. The summed E-state index contributed by atoms with van der Waals surface area (Å²) < 4.78 is 0. The van der Waals surface area contributed by atoms with E-state index in [1.165, 1.54) is 11.8 Å². The third-order valence-electron chi connectivity index (χ3n) is 10.1. The van der Waals surface area contributed by atoms with E-state index in [1.807, 2.05) is 0 Å². The summed E-state index contributed by atoms with van der Waals surface area (Å²) in [6.07, 6.45) is -0.903. The molecule has 60 heavy (non-hydrogen) atoms. The van der Waals surface area contributed by atoms with Crippen molar-refractivity contribution in [2.24, 2.45) is 22.2 Å². The van der Waals surface area contributed by atoms with Crippen molar-refractivity contribution < 1.29 is 63.3 Å². The average Bonchev–Trinajstić information content (AvgIpc) is 3.97. The summed E-state index contributed by atoms with van der Waals surface area (Å²) in [7, 11) is 0. The van der Waals surface area contributed by atoms with Gasteiger partial charge in [0.1, 0.15) is 30.2 Å². The van der Waals surface area contributed by atoms with Crippen molar-refractivity contribution in [3.05, 3.63) is 0 Å². The van der Waals surface area contributed by atoms with Crippen LogP contribution in [0.1, 0.15) is 64.7 Å². The van der Waals surface area contributed by atoms with E-state index < -0.39 is 134 Å². The Kier molecular flexibility index (Phi) is 18.4. The zero-order chi connectivity index (χ0) is 44.7. The molecule has 0 saturated carbocycles. The molecule has 0 aliphatic carbocycles. The van der Waals surface area contributed by atoms with E-state index in [-0.39, 0.29) is 64.2 Å². The quantitative estimate of drug-likeness (QED) is 0.0291. The van der Waals surface area contributed by atoms with E-state index in [0.717, 1.165) is 9.80 Å². The number of nitrogens with two attached hydrogens (primary N) is 3. The van der Waals surface area contributed by atoms with Crippen LogP contribution in [0.2, 0.25) is 0 Å². The van der Waals surface area contributed by atoms with Gasteiger partial charge in [0, 0.05) is 39.0 Å². The minimum atomic E-state index is -1.55. The van der Waals surface area contributed by atoms with Gasteiger partial charge in [-0.15, -0.1) is 0 Å². The number of aliphatic carboxylic acids is 2. The Hall–Kier alpha value is -6.11. The van der Waals surface area contributed by atoms with Crippen LogP contribution < -0.4 is 43.8 Å². The summed E-state index contributed by atoms with van der Waals surface area (Å²) in [6.45, 7) is -0.214. The van der Waals surface area contributed by atoms with Crippen LogP contribution in [0, 0.1) is 0 Å². The molecule has 7 atom stereocenters. The lowest BCUT2D eigenvalue weighted by Gasteiger charge is -2.29. The van der Waals surface area contributed by atoms with E-state index in [2.05, 4.69) is 31.6 Å². The third kappa shape index (κ3) is 14.3. The predicted octanol–water partition coefficient (Wildman–Crippen LogP) is -6.40. The second-order valence-corrected chi connectivity index (χ2v) is 14.7. The molecule has 0 unspecified atom stereocenters. The average molecular weight is 853 g/mol. The number of aliphatic hydroxyl groups excluding tert-OH is 1. The molecule has 3 fully saturated rings. The number of β-amino-alcohol motifs (C(OH)–C–C–N with tert-alkyl or cyclic N) is 1. The molecule has 14 N–H and O–H groups in total. The Morgan fingerprint density at radius 3 is 1.93 bits per heavy atom. The van der Waals surface area contributed by atoms with E-state index in [1.54, 1.807) is 0 Å². The molecular weight excluding hydrogens is 796 g/mol. The molecule has 25 nitrogen and oxygen atoms in total. The molecule has 0 bridgehead atoms. The summed E-state index contributed by atoms with van der Waals surface area (Å²) in [4.78, 5) is 135. The van der Waals surface area contributed by atoms with Gasteiger partial charge < -0.3 is 73.8 Å². The molecule has 3 rings (SSSR count). The Morgan fingerprint density at radius 2 is 1.33 bits per heavy atom. The first-order valence-electron chi connectivity index (χ1n) is 19.6. The number of aliphatic imine (C=N–C) groups is 1. The molecule has 0 aromatic heterocycles. The molecule has 3 heterocycles. The molecule has 3 saturated heterocycles. The predicted molar refractivity (Wildman–Crippen MR) is 207 cm³/mol. The van der Waals surface area contributed by atoms with Gasteiger partial charge in [0.2, 0.25) is 47.3 Å². The number of carbonyl (C=O) groups is 10. The van der Waals surface area contributed by atoms with E-state index in [9.17, 15) is 63.3 Å². The molecule has 0 aromatic rings. The third-order valence-corrected chi connectivity index (χ3v) is 10.1. The van der Waals surface area contributed by atoms with Crippen molar-refractivity contribution in [2.45, 2.75) is 107 Å². The number of nitrogens with zero attached hydrogens (tertiary/aromatic N) is 4. The molecule has 0 spiro atoms. The van der Waals surface area contributed by atoms with Crippen molar-refractivity contribution in [3.8, 4) is 0 Å². The number of amides is 8. The second kappa shape index (κ2) is 22.9. The smallest absolute Gasteiger partial charge is 0.326 e. The second-order valence-electron chi connectivity index (χ2n) is 14.7. The molecule has 3 aliphatic heterocycles. The first-order chi connectivity index (χ1) is 28.3. The zero-order valence-electron chi connectivity index (χ0n) is 33.3. The minimum Gasteiger partial charge on any atom is -0.481 e. The lowest BCUT2D eigenvalue weighted by atomic mass is 10.1. The Morgan fingerprint density at radius 1 is 0.733 bits per heavy atom. The number of aliphatic hydroxyl groups is 1. The molecule has 3 aliphatic rings. The number of likely N-dealkylation sites (tertiary alicyclic amines) is 3. The highest BCUT2D eigenvalue weighted by atomic mass is 16.4. The maximum absolute atomic E-state index is 13.8. The van der Waals surface area contributed by atoms with Crippen LogP contribution in [-0.4, -0.2) is 183 Å². The Bertz CT molecular complexity index is 1670. The standard InChI is InChI=1S/C35H56N12O13/c1-18(36)29(54)41-15-26(50)45-11-3-6-22(45)32(57)44-20(5-2-10-39-35(37)38)30(55)40-14-25(49)43-21(8-9-28(52)53)33(58)47-17-19(48)13-24(47)31(56)42-16-27(51)46-12-4-7-23(46)34(59)60/h18-24,48H,2-17,36H2,1H3,(H,40,55)(H,41,54)(H,42,56)(H,43,49)(H,44,57)(H,52,53)(H,59,60)(H4,37,38,39)/t18-,19+,20-,21-,22-,23-,24-/m0/s1. The maximum Gasteiger partial charge on any atom is 0.326 e. The van der Waals surface area contributed by atoms with Crippen molar-refractivity contribution in [2.75, 3.05) is 45.8 Å². The molecule has 25 heteroatoms. The van der Waals surface area contributed by atoms with Crippen molar-refractivity contribution >= 4 is 65.2 Å². The van der Waals surface area contributed by atoms with E-state index in [0.29, 0.717) is 12.8 Å². The number of guanidine groups is 1. The van der Waals surface area contributed by atoms with Crippen LogP contribution in [-0.2, 0) is 47.9 Å². The normalized spacial score (nSPS) is 21.2. The monoisotopic (exact) mass is 852 g/mol. The maximum atomic E-state index is 13.8. The van der Waals surface area contributed by atoms with E-state index >= 15 is 0 Å². The lowest BCUT2D eigenvalue weighted by Crippen LogP contribution is -2.56. The van der Waals surface area contributed by atoms with Crippen molar-refractivity contribution in [1.82, 2.24) is 41.3 Å². The van der Waals surface area contributed by atoms with Gasteiger partial charge in [0.25, 0.3) is 0 Å². The number of nitrogens with one attached hydrogen (secondary N) is 5. The summed E-state index contributed by atoms with van der Waals surface area (Å²) in [5.74, 6) is -8.73. The first kappa shape index (κ1) is 48.3. The van der Waals surface area contributed by atoms with Crippen molar-refractivity contribution in [1.29, 1.82) is 0 Å². The van der Waals surface area contributed by atoms with Crippen LogP contribution in [0.25, 0.3) is 0 Å². The summed E-state index contributed by atoms with van der Waals surface area (Å²) in [5, 5.41) is 41.2. The number of carboxylic acids is 2. The fourth-order valence-corrected chi connectivity index (χ4v) is 7.07. The number of hydrogen-bond acceptors (Lipinski definition) is 13. The number of carboxylic acid groups (broad SMARTS) is 2. The molecule has 0 aromatic carbocycles. The van der Waals surface area contributed by atoms with Gasteiger partial charge in [-0.3, -0.25) is 48.1 Å². The topological polar surface area (TPSA) is 392 Å². The molecule has 334 valence electrons. The highest BCUT2D eigenvalue weighted by Crippen LogP contribution is 2.22. The van der Waals surface area contributed by atoms with Gasteiger partial charge in [-0.25, -0.2) is 4.79 Å². The van der Waals surface area contributed by atoms with Gasteiger partial charge >= 0.3 is 11.9 Å². The van der Waals surface area contributed by atoms with Crippen molar-refractivity contribution in [3.63, 3.8) is 0 Å². The highest BCUT2D eigenvalue weighted by Gasteiger charge is 2.42.